The zero-order chi connectivity index (χ0) is 76.0. The molecule has 0 spiro atoms. The maximum Gasteiger partial charge on any atom is 0.472 e. The fourth-order valence-corrected chi connectivity index (χ4v) is 14.5. The summed E-state index contributed by atoms with van der Waals surface area (Å²) in [5.74, 6) is 1.00. The summed E-state index contributed by atoms with van der Waals surface area (Å²) in [5.41, 5.74) is 0. The summed E-state index contributed by atoms with van der Waals surface area (Å²) < 4.78 is 68.7. The van der Waals surface area contributed by atoms with Crippen LogP contribution < -0.4 is 0 Å². The predicted molar refractivity (Wildman–Crippen MR) is 423 cm³/mol. The number of esters is 4. The second-order valence-electron chi connectivity index (χ2n) is 31.7. The molecule has 0 aliphatic rings. The first kappa shape index (κ1) is 101. The summed E-state index contributed by atoms with van der Waals surface area (Å²) in [4.78, 5) is 73.0. The van der Waals surface area contributed by atoms with Gasteiger partial charge in [0.1, 0.15) is 19.3 Å². The number of ether oxygens (including phenoxy) is 4. The number of aliphatic hydroxyl groups excluding tert-OH is 1. The minimum atomic E-state index is -4.96. The number of unbranched alkanes of at least 4 members (excludes halogenated alkanes) is 45. The van der Waals surface area contributed by atoms with Crippen molar-refractivity contribution in [2.24, 2.45) is 23.7 Å². The Hall–Kier alpha value is -1.94. The molecule has 0 aliphatic carbocycles. The van der Waals surface area contributed by atoms with Crippen LogP contribution in [0.25, 0.3) is 0 Å². The standard InChI is InChI=1S/C84H164O17P2/c1-9-76(7)62-54-46-37-31-27-23-19-15-11-13-17-21-25-29-33-39-48-56-64-81(86)94-71-80(101-84(89)67-59-51-43-42-45-53-61-75(5)6)73-99-103(92,93)97-69-78(85)68-96-102(90,91)98-72-79(70-95-82(87)65-57-49-41-35-36-44-52-60-74(3)4)100-83(88)66-58-50-40-34-30-26-22-18-14-12-16-20-24-28-32-38-47-55-63-77(8)10-2/h74-80,85H,9-73H2,1-8H3,(H,90,91)(H,92,93)/t76?,77?,78?,79-,80-/m1/s1. The maximum atomic E-state index is 13.1. The third-order valence-electron chi connectivity index (χ3n) is 20.3. The first-order valence-corrected chi connectivity index (χ1v) is 46.3. The van der Waals surface area contributed by atoms with Gasteiger partial charge in [-0.25, -0.2) is 9.13 Å². The van der Waals surface area contributed by atoms with Crippen LogP contribution in [0, 0.1) is 23.7 Å². The topological polar surface area (TPSA) is 237 Å². The van der Waals surface area contributed by atoms with Crippen molar-refractivity contribution in [3.8, 4) is 0 Å². The fourth-order valence-electron chi connectivity index (χ4n) is 12.9. The Morgan fingerprint density at radius 2 is 0.466 bits per heavy atom. The van der Waals surface area contributed by atoms with E-state index in [-0.39, 0.29) is 25.7 Å². The lowest BCUT2D eigenvalue weighted by molar-refractivity contribution is -0.161. The van der Waals surface area contributed by atoms with E-state index in [2.05, 4.69) is 55.4 Å². The molecule has 612 valence electrons. The van der Waals surface area contributed by atoms with Gasteiger partial charge in [0.2, 0.25) is 0 Å². The fraction of sp³-hybridized carbons (Fsp3) is 0.952. The van der Waals surface area contributed by atoms with Crippen LogP contribution in [0.4, 0.5) is 0 Å². The number of rotatable bonds is 81. The lowest BCUT2D eigenvalue weighted by atomic mass is 9.99. The Bertz CT molecular complexity index is 2010. The zero-order valence-corrected chi connectivity index (χ0v) is 69.7. The Morgan fingerprint density at radius 1 is 0.272 bits per heavy atom. The molecule has 0 aromatic heterocycles. The zero-order valence-electron chi connectivity index (χ0n) is 68.0. The number of phosphoric ester groups is 2. The number of hydrogen-bond donors (Lipinski definition) is 3. The Kier molecular flexibility index (Phi) is 71.5. The van der Waals surface area contributed by atoms with Crippen molar-refractivity contribution in [1.29, 1.82) is 0 Å². The van der Waals surface area contributed by atoms with Gasteiger partial charge in [0.25, 0.3) is 0 Å². The van der Waals surface area contributed by atoms with Crippen molar-refractivity contribution in [3.63, 3.8) is 0 Å². The molecular formula is C84H164O17P2. The lowest BCUT2D eigenvalue weighted by Crippen LogP contribution is -2.30. The second-order valence-corrected chi connectivity index (χ2v) is 34.6. The van der Waals surface area contributed by atoms with Gasteiger partial charge in [-0.05, 0) is 49.4 Å². The van der Waals surface area contributed by atoms with Crippen LogP contribution in [-0.4, -0.2) is 96.7 Å². The van der Waals surface area contributed by atoms with Crippen molar-refractivity contribution >= 4 is 39.5 Å². The molecule has 0 radical (unpaired) electrons. The third-order valence-corrected chi connectivity index (χ3v) is 22.2. The molecular weight excluding hydrogens is 1340 g/mol. The number of phosphoric acid groups is 2. The van der Waals surface area contributed by atoms with Crippen molar-refractivity contribution in [2.75, 3.05) is 39.6 Å². The minimum Gasteiger partial charge on any atom is -0.462 e. The average Bonchev–Trinajstić information content (AvgIpc) is 1.03. The summed E-state index contributed by atoms with van der Waals surface area (Å²) in [6, 6.07) is 0. The molecule has 17 nitrogen and oxygen atoms in total. The van der Waals surface area contributed by atoms with Crippen LogP contribution in [0.15, 0.2) is 0 Å². The molecule has 0 aliphatic heterocycles. The van der Waals surface area contributed by atoms with Gasteiger partial charge in [-0.15, -0.1) is 0 Å². The van der Waals surface area contributed by atoms with Gasteiger partial charge < -0.3 is 33.8 Å². The second kappa shape index (κ2) is 72.9. The van der Waals surface area contributed by atoms with Gasteiger partial charge in [0, 0.05) is 25.7 Å². The van der Waals surface area contributed by atoms with Gasteiger partial charge >= 0.3 is 39.5 Å². The van der Waals surface area contributed by atoms with Crippen LogP contribution in [0.2, 0.25) is 0 Å². The SMILES string of the molecule is CCC(C)CCCCCCCCCCCCCCCCCCCCC(=O)OC[C@H](COP(=O)(O)OCC(O)COP(=O)(O)OC[C@@H](COC(=O)CCCCCCCCCC(C)C)OC(=O)CCCCCCCCCCCCCCCCCCCCC(C)CC)OC(=O)CCCCCCCCC(C)C. The average molecular weight is 1510 g/mol. The summed E-state index contributed by atoms with van der Waals surface area (Å²) in [6.45, 7) is 14.2. The Balaban J connectivity index is 5.07. The van der Waals surface area contributed by atoms with E-state index < -0.39 is 97.5 Å². The van der Waals surface area contributed by atoms with E-state index in [9.17, 15) is 43.2 Å². The van der Waals surface area contributed by atoms with Crippen LogP contribution in [0.3, 0.4) is 0 Å². The molecule has 0 amide bonds. The maximum absolute atomic E-state index is 13.1. The highest BCUT2D eigenvalue weighted by Gasteiger charge is 2.30. The Morgan fingerprint density at radius 3 is 0.689 bits per heavy atom. The van der Waals surface area contributed by atoms with E-state index in [1.54, 1.807) is 0 Å². The number of hydrogen-bond acceptors (Lipinski definition) is 15. The molecule has 3 N–H and O–H groups in total. The summed E-state index contributed by atoms with van der Waals surface area (Å²) in [5, 5.41) is 10.6. The Labute approximate surface area is 632 Å². The van der Waals surface area contributed by atoms with Gasteiger partial charge in [0.05, 0.1) is 26.4 Å². The van der Waals surface area contributed by atoms with Gasteiger partial charge in [-0.3, -0.25) is 37.3 Å². The number of aliphatic hydroxyl groups is 1. The first-order chi connectivity index (χ1) is 49.7. The van der Waals surface area contributed by atoms with E-state index in [1.807, 2.05) is 0 Å². The summed E-state index contributed by atoms with van der Waals surface area (Å²) in [7, 11) is -9.92. The van der Waals surface area contributed by atoms with Crippen LogP contribution in [0.1, 0.15) is 434 Å². The van der Waals surface area contributed by atoms with Gasteiger partial charge in [0.15, 0.2) is 12.2 Å². The van der Waals surface area contributed by atoms with E-state index in [1.165, 1.54) is 231 Å². The van der Waals surface area contributed by atoms with Crippen molar-refractivity contribution in [2.45, 2.75) is 453 Å². The van der Waals surface area contributed by atoms with E-state index in [0.717, 1.165) is 108 Å². The predicted octanol–water partition coefficient (Wildman–Crippen LogP) is 25.2. The quantitative estimate of drug-likeness (QED) is 0.0222. The highest BCUT2D eigenvalue weighted by Crippen LogP contribution is 2.45. The highest BCUT2D eigenvalue weighted by molar-refractivity contribution is 7.47. The van der Waals surface area contributed by atoms with Crippen molar-refractivity contribution < 1.29 is 80.2 Å². The first-order valence-electron chi connectivity index (χ1n) is 43.3. The van der Waals surface area contributed by atoms with Crippen LogP contribution >= 0.6 is 15.6 Å². The molecule has 0 aromatic carbocycles. The van der Waals surface area contributed by atoms with Crippen LogP contribution in [0.5, 0.6) is 0 Å². The monoisotopic (exact) mass is 1510 g/mol. The smallest absolute Gasteiger partial charge is 0.462 e. The number of carbonyl (C=O) groups excluding carboxylic acids is 4. The van der Waals surface area contributed by atoms with Crippen molar-refractivity contribution in [1.82, 2.24) is 0 Å². The molecule has 5 unspecified atom stereocenters. The molecule has 7 atom stereocenters. The van der Waals surface area contributed by atoms with Gasteiger partial charge in [-0.2, -0.15) is 0 Å². The summed E-state index contributed by atoms with van der Waals surface area (Å²) in [6.07, 6.45) is 61.5. The van der Waals surface area contributed by atoms with Crippen LogP contribution in [-0.2, 0) is 65.4 Å². The molecule has 19 heteroatoms. The molecule has 0 heterocycles. The molecule has 0 aromatic rings. The van der Waals surface area contributed by atoms with E-state index in [0.29, 0.717) is 37.5 Å². The number of carbonyl (C=O) groups is 4. The lowest BCUT2D eigenvalue weighted by Gasteiger charge is -2.21. The minimum absolute atomic E-state index is 0.102. The van der Waals surface area contributed by atoms with Crippen molar-refractivity contribution in [3.05, 3.63) is 0 Å². The molecule has 0 fully saturated rings. The van der Waals surface area contributed by atoms with E-state index in [4.69, 9.17) is 37.0 Å². The molecule has 0 saturated heterocycles. The molecule has 0 rings (SSSR count). The van der Waals surface area contributed by atoms with E-state index >= 15 is 0 Å². The molecule has 0 saturated carbocycles. The third kappa shape index (κ3) is 75.3. The normalized spacial score (nSPS) is 14.5. The van der Waals surface area contributed by atoms with Gasteiger partial charge in [-0.1, -0.05) is 383 Å². The molecule has 103 heavy (non-hydrogen) atoms. The highest BCUT2D eigenvalue weighted by atomic mass is 31.2. The summed E-state index contributed by atoms with van der Waals surface area (Å²) >= 11 is 0. The molecule has 0 bridgehead atoms. The largest absolute Gasteiger partial charge is 0.472 e.